The predicted octanol–water partition coefficient (Wildman–Crippen LogP) is 5.56. The van der Waals surface area contributed by atoms with Gasteiger partial charge in [0, 0.05) is 11.3 Å². The second kappa shape index (κ2) is 8.82. The summed E-state index contributed by atoms with van der Waals surface area (Å²) in [6.45, 7) is 1.39. The molecule has 0 fully saturated rings. The van der Waals surface area contributed by atoms with Crippen LogP contribution in [0.3, 0.4) is 0 Å². The average Bonchev–Trinajstić information content (AvgIpc) is 2.74. The van der Waals surface area contributed by atoms with Crippen LogP contribution in [-0.2, 0) is 15.7 Å². The Balaban J connectivity index is 1.68. The molecular formula is C23H18F3NO3. The Morgan fingerprint density at radius 3 is 2.10 bits per heavy atom. The molecule has 0 radical (unpaired) electrons. The molecule has 0 bridgehead atoms. The molecule has 7 heteroatoms. The van der Waals surface area contributed by atoms with E-state index >= 15 is 0 Å². The third-order valence-corrected chi connectivity index (χ3v) is 4.37. The molecule has 0 aliphatic heterocycles. The van der Waals surface area contributed by atoms with E-state index in [1.165, 1.54) is 6.92 Å². The number of hydrogen-bond donors (Lipinski definition) is 1. The van der Waals surface area contributed by atoms with Crippen LogP contribution in [0.15, 0.2) is 78.9 Å². The van der Waals surface area contributed by atoms with E-state index < -0.39 is 29.7 Å². The van der Waals surface area contributed by atoms with Gasteiger partial charge in [0.2, 0.25) is 0 Å². The highest BCUT2D eigenvalue weighted by Crippen LogP contribution is 2.29. The summed E-state index contributed by atoms with van der Waals surface area (Å²) in [5.41, 5.74) is 1.30. The summed E-state index contributed by atoms with van der Waals surface area (Å²) < 4.78 is 43.0. The summed E-state index contributed by atoms with van der Waals surface area (Å²) in [6, 6.07) is 20.2. The van der Waals surface area contributed by atoms with Crippen molar-refractivity contribution in [3.05, 3.63) is 90.0 Å². The number of rotatable bonds is 5. The molecule has 3 rings (SSSR count). The Morgan fingerprint density at radius 2 is 1.47 bits per heavy atom. The molecule has 4 nitrogen and oxygen atoms in total. The van der Waals surface area contributed by atoms with Gasteiger partial charge in [-0.2, -0.15) is 13.2 Å². The van der Waals surface area contributed by atoms with E-state index in [4.69, 9.17) is 4.74 Å². The lowest BCUT2D eigenvalue weighted by atomic mass is 10.0. The van der Waals surface area contributed by atoms with Crippen LogP contribution < -0.4 is 5.32 Å². The lowest BCUT2D eigenvalue weighted by molar-refractivity contribution is -0.137. The minimum absolute atomic E-state index is 0.0765. The molecule has 0 aromatic heterocycles. The Morgan fingerprint density at radius 1 is 0.867 bits per heavy atom. The maximum absolute atomic E-state index is 12.6. The summed E-state index contributed by atoms with van der Waals surface area (Å²) in [7, 11) is 0. The molecule has 1 N–H and O–H groups in total. The van der Waals surface area contributed by atoms with Crippen molar-refractivity contribution in [2.24, 2.45) is 0 Å². The van der Waals surface area contributed by atoms with Gasteiger partial charge in [-0.25, -0.2) is 4.79 Å². The van der Waals surface area contributed by atoms with Crippen LogP contribution in [0.25, 0.3) is 11.1 Å². The highest BCUT2D eigenvalue weighted by Gasteiger charge is 2.30. The van der Waals surface area contributed by atoms with Gasteiger partial charge >= 0.3 is 12.1 Å². The summed E-state index contributed by atoms with van der Waals surface area (Å²) >= 11 is 0. The lowest BCUT2D eigenvalue weighted by Gasteiger charge is -2.16. The Hall–Kier alpha value is -3.61. The highest BCUT2D eigenvalue weighted by molar-refractivity contribution is 5.99. The summed E-state index contributed by atoms with van der Waals surface area (Å²) in [6.07, 6.45) is -5.65. The fraction of sp³-hybridized carbons (Fsp3) is 0.130. The summed E-state index contributed by atoms with van der Waals surface area (Å²) in [5.74, 6) is -1.44. The number of ether oxygens (including phenoxy) is 1. The molecule has 3 aromatic carbocycles. The van der Waals surface area contributed by atoms with Crippen LogP contribution in [-0.4, -0.2) is 18.0 Å². The molecule has 0 aliphatic rings. The van der Waals surface area contributed by atoms with Crippen molar-refractivity contribution in [1.82, 2.24) is 0 Å². The fourth-order valence-corrected chi connectivity index (χ4v) is 2.77. The first kappa shape index (κ1) is 21.1. The van der Waals surface area contributed by atoms with E-state index in [0.29, 0.717) is 5.69 Å². The standard InChI is InChI=1S/C23H18F3NO3/c1-15(30-22(29)17-11-13-18(14-12-17)23(24,25)26)21(28)27-20-10-6-5-9-19(20)16-7-3-2-4-8-16/h2-15H,1H3,(H,27,28)/t15-/m1/s1. The van der Waals surface area contributed by atoms with Crippen molar-refractivity contribution in [3.8, 4) is 11.1 Å². The molecule has 154 valence electrons. The van der Waals surface area contributed by atoms with Gasteiger partial charge in [0.15, 0.2) is 6.10 Å². The van der Waals surface area contributed by atoms with Gasteiger partial charge in [0.1, 0.15) is 0 Å². The van der Waals surface area contributed by atoms with Crippen molar-refractivity contribution < 1.29 is 27.5 Å². The monoisotopic (exact) mass is 413 g/mol. The smallest absolute Gasteiger partial charge is 0.416 e. The van der Waals surface area contributed by atoms with E-state index in [0.717, 1.165) is 35.4 Å². The number of esters is 1. The van der Waals surface area contributed by atoms with Crippen LogP contribution in [0.5, 0.6) is 0 Å². The van der Waals surface area contributed by atoms with Gasteiger partial charge in [0.05, 0.1) is 11.1 Å². The molecule has 0 saturated carbocycles. The Bertz CT molecular complexity index is 1030. The third-order valence-electron chi connectivity index (χ3n) is 4.37. The Kier molecular flexibility index (Phi) is 6.20. The molecule has 1 atom stereocenters. The maximum atomic E-state index is 12.6. The van der Waals surface area contributed by atoms with E-state index in [-0.39, 0.29) is 5.56 Å². The molecule has 0 saturated heterocycles. The zero-order valence-corrected chi connectivity index (χ0v) is 15.9. The first-order chi connectivity index (χ1) is 14.3. The second-order valence-corrected chi connectivity index (χ2v) is 6.52. The molecule has 1 amide bonds. The van der Waals surface area contributed by atoms with Gasteiger partial charge in [-0.3, -0.25) is 4.79 Å². The number of hydrogen-bond acceptors (Lipinski definition) is 3. The average molecular weight is 413 g/mol. The van der Waals surface area contributed by atoms with Crippen LogP contribution >= 0.6 is 0 Å². The minimum atomic E-state index is -4.50. The number of amides is 1. The number of carbonyl (C=O) groups excluding carboxylic acids is 2. The summed E-state index contributed by atoms with van der Waals surface area (Å²) in [4.78, 5) is 24.7. The number of halogens is 3. The van der Waals surface area contributed by atoms with Gasteiger partial charge in [-0.1, -0.05) is 48.5 Å². The Labute approximate surface area is 171 Å². The third kappa shape index (κ3) is 5.05. The zero-order valence-electron chi connectivity index (χ0n) is 15.9. The number of carbonyl (C=O) groups is 2. The first-order valence-corrected chi connectivity index (χ1v) is 9.09. The fourth-order valence-electron chi connectivity index (χ4n) is 2.77. The van der Waals surface area contributed by atoms with Crippen LogP contribution in [0, 0.1) is 0 Å². The van der Waals surface area contributed by atoms with Crippen molar-refractivity contribution >= 4 is 17.6 Å². The van der Waals surface area contributed by atoms with Crippen LogP contribution in [0.2, 0.25) is 0 Å². The molecule has 0 aliphatic carbocycles. The molecule has 0 spiro atoms. The zero-order chi connectivity index (χ0) is 21.7. The maximum Gasteiger partial charge on any atom is 0.416 e. The van der Waals surface area contributed by atoms with E-state index in [1.54, 1.807) is 12.1 Å². The van der Waals surface area contributed by atoms with Crippen molar-refractivity contribution in [2.45, 2.75) is 19.2 Å². The number of para-hydroxylation sites is 1. The number of anilines is 1. The van der Waals surface area contributed by atoms with Crippen LogP contribution in [0.1, 0.15) is 22.8 Å². The van der Waals surface area contributed by atoms with Crippen LogP contribution in [0.4, 0.5) is 18.9 Å². The first-order valence-electron chi connectivity index (χ1n) is 9.09. The van der Waals surface area contributed by atoms with Crippen molar-refractivity contribution in [1.29, 1.82) is 0 Å². The SMILES string of the molecule is C[C@@H](OC(=O)c1ccc(C(F)(F)F)cc1)C(=O)Nc1ccccc1-c1ccccc1. The second-order valence-electron chi connectivity index (χ2n) is 6.52. The number of nitrogens with one attached hydrogen (secondary N) is 1. The molecular weight excluding hydrogens is 395 g/mol. The lowest BCUT2D eigenvalue weighted by Crippen LogP contribution is -2.30. The molecule has 30 heavy (non-hydrogen) atoms. The van der Waals surface area contributed by atoms with E-state index in [2.05, 4.69) is 5.32 Å². The van der Waals surface area contributed by atoms with E-state index in [1.807, 2.05) is 42.5 Å². The van der Waals surface area contributed by atoms with E-state index in [9.17, 15) is 22.8 Å². The molecule has 3 aromatic rings. The van der Waals surface area contributed by atoms with Gasteiger partial charge in [-0.15, -0.1) is 0 Å². The number of alkyl halides is 3. The topological polar surface area (TPSA) is 55.4 Å². The number of benzene rings is 3. The molecule has 0 unspecified atom stereocenters. The molecule has 0 heterocycles. The van der Waals surface area contributed by atoms with Crippen molar-refractivity contribution in [3.63, 3.8) is 0 Å². The van der Waals surface area contributed by atoms with Gasteiger partial charge in [-0.05, 0) is 42.8 Å². The largest absolute Gasteiger partial charge is 0.449 e. The summed E-state index contributed by atoms with van der Waals surface area (Å²) in [5, 5.41) is 2.73. The van der Waals surface area contributed by atoms with Crippen molar-refractivity contribution in [2.75, 3.05) is 5.32 Å². The minimum Gasteiger partial charge on any atom is -0.449 e. The quantitative estimate of drug-likeness (QED) is 0.558. The van der Waals surface area contributed by atoms with Gasteiger partial charge < -0.3 is 10.1 Å². The highest BCUT2D eigenvalue weighted by atomic mass is 19.4. The normalized spacial score (nSPS) is 12.1. The predicted molar refractivity (Wildman–Crippen MR) is 107 cm³/mol. The van der Waals surface area contributed by atoms with Gasteiger partial charge in [0.25, 0.3) is 5.91 Å².